The fourth-order valence-electron chi connectivity index (χ4n) is 1.06. The summed E-state index contributed by atoms with van der Waals surface area (Å²) < 4.78 is 0. The Balaban J connectivity index is 4.11. The Morgan fingerprint density at radius 1 is 1.23 bits per heavy atom. The predicted octanol–water partition coefficient (Wildman–Crippen LogP) is -0.328. The molecule has 4 nitrogen and oxygen atoms in total. The Labute approximate surface area is 81.6 Å². The third kappa shape index (κ3) is 4.04. The molecule has 0 aliphatic heterocycles. The molecule has 0 aromatic carbocycles. The van der Waals surface area contributed by atoms with Crippen molar-refractivity contribution in [3.05, 3.63) is 0 Å². The molecule has 2 atom stereocenters. The minimum absolute atomic E-state index is 0.177. The molecule has 0 aromatic heterocycles. The van der Waals surface area contributed by atoms with Crippen molar-refractivity contribution in [1.29, 1.82) is 0 Å². The van der Waals surface area contributed by atoms with Crippen molar-refractivity contribution < 1.29 is 0 Å². The van der Waals surface area contributed by atoms with Crippen LogP contribution in [0.2, 0.25) is 0 Å². The SMILES string of the molecule is CNC(C)C(N)(NC)NCC(C)C. The van der Waals surface area contributed by atoms with Gasteiger partial charge in [-0.15, -0.1) is 0 Å². The fraction of sp³-hybridized carbons (Fsp3) is 1.00. The van der Waals surface area contributed by atoms with Crippen LogP contribution >= 0.6 is 0 Å². The quantitative estimate of drug-likeness (QED) is 0.431. The van der Waals surface area contributed by atoms with Gasteiger partial charge in [0.2, 0.25) is 0 Å². The van der Waals surface area contributed by atoms with E-state index in [1.807, 2.05) is 21.0 Å². The molecule has 0 spiro atoms. The minimum Gasteiger partial charge on any atom is -0.313 e. The van der Waals surface area contributed by atoms with Crippen LogP contribution in [0.15, 0.2) is 0 Å². The zero-order chi connectivity index (χ0) is 10.5. The summed E-state index contributed by atoms with van der Waals surface area (Å²) in [4.78, 5) is 0. The molecular formula is C9H24N4. The summed E-state index contributed by atoms with van der Waals surface area (Å²) in [5, 5.41) is 9.52. The van der Waals surface area contributed by atoms with Crippen molar-refractivity contribution in [3.63, 3.8) is 0 Å². The van der Waals surface area contributed by atoms with Crippen LogP contribution in [0.25, 0.3) is 0 Å². The maximum Gasteiger partial charge on any atom is 0.136 e. The Morgan fingerprint density at radius 3 is 2.08 bits per heavy atom. The van der Waals surface area contributed by atoms with Crippen LogP contribution < -0.4 is 21.7 Å². The van der Waals surface area contributed by atoms with E-state index in [0.717, 1.165) is 6.54 Å². The van der Waals surface area contributed by atoms with Gasteiger partial charge in [-0.3, -0.25) is 16.4 Å². The number of nitrogens with one attached hydrogen (secondary N) is 3. The maximum absolute atomic E-state index is 6.11. The van der Waals surface area contributed by atoms with Crippen LogP contribution in [0.4, 0.5) is 0 Å². The zero-order valence-electron chi connectivity index (χ0n) is 9.44. The highest BCUT2D eigenvalue weighted by molar-refractivity contribution is 4.87. The van der Waals surface area contributed by atoms with Gasteiger partial charge in [-0.1, -0.05) is 13.8 Å². The molecule has 0 saturated heterocycles. The molecule has 13 heavy (non-hydrogen) atoms. The van der Waals surface area contributed by atoms with Crippen LogP contribution in [0, 0.1) is 5.92 Å². The molecule has 80 valence electrons. The molecule has 0 rings (SSSR count). The standard InChI is InChI=1S/C9H24N4/c1-7(2)6-13-9(10,12-5)8(3)11-4/h7-8,11-13H,6,10H2,1-5H3. The zero-order valence-corrected chi connectivity index (χ0v) is 9.44. The van der Waals surface area contributed by atoms with Crippen LogP contribution in [0.1, 0.15) is 20.8 Å². The number of likely N-dealkylation sites (N-methyl/N-ethyl adjacent to an activating group) is 2. The van der Waals surface area contributed by atoms with Gasteiger partial charge in [0.15, 0.2) is 0 Å². The highest BCUT2D eigenvalue weighted by atomic mass is 15.3. The molecule has 0 saturated carbocycles. The van der Waals surface area contributed by atoms with Crippen molar-refractivity contribution in [2.75, 3.05) is 20.6 Å². The lowest BCUT2D eigenvalue weighted by Crippen LogP contribution is -2.72. The van der Waals surface area contributed by atoms with E-state index in [2.05, 4.69) is 29.8 Å². The lowest BCUT2D eigenvalue weighted by Gasteiger charge is -2.36. The molecule has 0 aliphatic rings. The van der Waals surface area contributed by atoms with Gasteiger partial charge in [0.05, 0.1) is 0 Å². The van der Waals surface area contributed by atoms with E-state index in [1.54, 1.807) is 0 Å². The smallest absolute Gasteiger partial charge is 0.136 e. The van der Waals surface area contributed by atoms with Crippen molar-refractivity contribution >= 4 is 0 Å². The average molecular weight is 188 g/mol. The Kier molecular flexibility index (Phi) is 5.48. The molecule has 0 aliphatic carbocycles. The molecule has 0 bridgehead atoms. The first kappa shape index (κ1) is 12.8. The van der Waals surface area contributed by atoms with Gasteiger partial charge in [-0.05, 0) is 26.9 Å². The normalized spacial score (nSPS) is 18.7. The Morgan fingerprint density at radius 2 is 1.77 bits per heavy atom. The van der Waals surface area contributed by atoms with E-state index in [9.17, 15) is 0 Å². The molecule has 0 heterocycles. The Bertz CT molecular complexity index is 138. The third-order valence-electron chi connectivity index (χ3n) is 2.33. The van der Waals surface area contributed by atoms with Crippen LogP contribution in [-0.2, 0) is 0 Å². The summed E-state index contributed by atoms with van der Waals surface area (Å²) in [7, 11) is 3.77. The van der Waals surface area contributed by atoms with Crippen LogP contribution in [0.3, 0.4) is 0 Å². The first-order chi connectivity index (χ1) is 5.96. The molecule has 0 aromatic rings. The van der Waals surface area contributed by atoms with E-state index in [0.29, 0.717) is 5.92 Å². The second-order valence-electron chi connectivity index (χ2n) is 3.90. The molecular weight excluding hydrogens is 164 g/mol. The highest BCUT2D eigenvalue weighted by Crippen LogP contribution is 1.99. The largest absolute Gasteiger partial charge is 0.313 e. The number of hydrogen-bond acceptors (Lipinski definition) is 4. The van der Waals surface area contributed by atoms with E-state index >= 15 is 0 Å². The molecule has 5 N–H and O–H groups in total. The van der Waals surface area contributed by atoms with Gasteiger partial charge < -0.3 is 5.32 Å². The van der Waals surface area contributed by atoms with Crippen molar-refractivity contribution in [3.8, 4) is 0 Å². The third-order valence-corrected chi connectivity index (χ3v) is 2.33. The topological polar surface area (TPSA) is 62.1 Å². The number of rotatable bonds is 6. The first-order valence-electron chi connectivity index (χ1n) is 4.86. The van der Waals surface area contributed by atoms with Gasteiger partial charge in [0.1, 0.15) is 5.79 Å². The van der Waals surface area contributed by atoms with Crippen molar-refractivity contribution in [2.24, 2.45) is 11.7 Å². The molecule has 4 heteroatoms. The van der Waals surface area contributed by atoms with Gasteiger partial charge in [-0.25, -0.2) is 0 Å². The first-order valence-corrected chi connectivity index (χ1v) is 4.86. The maximum atomic E-state index is 6.11. The highest BCUT2D eigenvalue weighted by Gasteiger charge is 2.28. The van der Waals surface area contributed by atoms with Crippen molar-refractivity contribution in [1.82, 2.24) is 16.0 Å². The second kappa shape index (κ2) is 5.54. The lowest BCUT2D eigenvalue weighted by molar-refractivity contribution is 0.210. The van der Waals surface area contributed by atoms with E-state index in [4.69, 9.17) is 5.73 Å². The summed E-state index contributed by atoms with van der Waals surface area (Å²) in [6, 6.07) is 0.177. The van der Waals surface area contributed by atoms with E-state index in [1.165, 1.54) is 0 Å². The summed E-state index contributed by atoms with van der Waals surface area (Å²) in [5.74, 6) is 0.0688. The molecule has 0 radical (unpaired) electrons. The summed E-state index contributed by atoms with van der Waals surface area (Å²) in [5.41, 5.74) is 6.11. The minimum atomic E-state index is -0.529. The predicted molar refractivity (Wildman–Crippen MR) is 57.3 cm³/mol. The van der Waals surface area contributed by atoms with Crippen molar-refractivity contribution in [2.45, 2.75) is 32.6 Å². The number of hydrogen-bond donors (Lipinski definition) is 4. The van der Waals surface area contributed by atoms with Crippen LogP contribution in [-0.4, -0.2) is 32.5 Å². The Hall–Kier alpha value is -0.160. The van der Waals surface area contributed by atoms with Crippen LogP contribution in [0.5, 0.6) is 0 Å². The average Bonchev–Trinajstić information content (AvgIpc) is 2.12. The van der Waals surface area contributed by atoms with Gasteiger partial charge >= 0.3 is 0 Å². The van der Waals surface area contributed by atoms with Gasteiger partial charge in [0.25, 0.3) is 0 Å². The summed E-state index contributed by atoms with van der Waals surface area (Å²) in [6.07, 6.45) is 0. The lowest BCUT2D eigenvalue weighted by atomic mass is 10.1. The van der Waals surface area contributed by atoms with Gasteiger partial charge in [-0.2, -0.15) is 0 Å². The monoisotopic (exact) mass is 188 g/mol. The van der Waals surface area contributed by atoms with Gasteiger partial charge in [0, 0.05) is 12.6 Å². The molecule has 2 unspecified atom stereocenters. The summed E-state index contributed by atoms with van der Waals surface area (Å²) >= 11 is 0. The number of nitrogens with two attached hydrogens (primary N) is 1. The fourth-order valence-corrected chi connectivity index (χ4v) is 1.06. The second-order valence-corrected chi connectivity index (χ2v) is 3.90. The van der Waals surface area contributed by atoms with E-state index in [-0.39, 0.29) is 6.04 Å². The van der Waals surface area contributed by atoms with E-state index < -0.39 is 5.79 Å². The molecule has 0 fully saturated rings. The molecule has 0 amide bonds. The summed E-state index contributed by atoms with van der Waals surface area (Å²) in [6.45, 7) is 7.27.